The molecule has 0 saturated heterocycles. The Kier molecular flexibility index (Phi) is 6.58. The molecule has 0 unspecified atom stereocenters. The molecule has 1 aliphatic carbocycles. The zero-order valence-corrected chi connectivity index (χ0v) is 15.7. The lowest BCUT2D eigenvalue weighted by atomic mass is 9.72. The third-order valence-corrected chi connectivity index (χ3v) is 4.60. The van der Waals surface area contributed by atoms with Gasteiger partial charge in [-0.25, -0.2) is 15.8 Å². The van der Waals surface area contributed by atoms with Crippen LogP contribution in [-0.4, -0.2) is 15.9 Å². The molecule has 4 N–H and O–H groups in total. The number of nitrogens with two attached hydrogens (primary N) is 1. The van der Waals surface area contributed by atoms with E-state index >= 15 is 0 Å². The summed E-state index contributed by atoms with van der Waals surface area (Å²) < 4.78 is 0. The lowest BCUT2D eigenvalue weighted by Crippen LogP contribution is -2.42. The molecule has 1 aliphatic rings. The van der Waals surface area contributed by atoms with Gasteiger partial charge in [-0.2, -0.15) is 0 Å². The monoisotopic (exact) mass is 381 g/mol. The minimum Gasteiger partial charge on any atom is -0.345 e. The van der Waals surface area contributed by atoms with Crippen molar-refractivity contribution >= 4 is 35.1 Å². The Hall–Kier alpha value is -1.89. The van der Waals surface area contributed by atoms with Crippen LogP contribution >= 0.6 is 23.2 Å². The van der Waals surface area contributed by atoms with E-state index in [-0.39, 0.29) is 5.54 Å². The molecular formula is C17H21Cl2N5O. The molecule has 1 fully saturated rings. The Morgan fingerprint density at radius 2 is 1.84 bits per heavy atom. The van der Waals surface area contributed by atoms with E-state index in [2.05, 4.69) is 15.3 Å². The molecule has 3 rings (SSSR count). The van der Waals surface area contributed by atoms with E-state index in [1.165, 1.54) is 12.4 Å². The van der Waals surface area contributed by atoms with Gasteiger partial charge in [-0.1, -0.05) is 43.1 Å². The molecule has 0 radical (unpaired) electrons. The van der Waals surface area contributed by atoms with Gasteiger partial charge >= 0.3 is 0 Å². The molecule has 6 nitrogen and oxygen atoms in total. The Bertz CT molecular complexity index is 732. The second-order valence-electron chi connectivity index (χ2n) is 5.45. The fourth-order valence-electron chi connectivity index (χ4n) is 2.68. The number of hydrogen-bond donors (Lipinski definition) is 3. The SMILES string of the molecule is CC.NNC(=O)c1cnc(NC2(c3ccc(Cl)cc3Cl)CCC2)nc1. The van der Waals surface area contributed by atoms with E-state index in [0.29, 0.717) is 21.6 Å². The molecule has 134 valence electrons. The Labute approximate surface area is 157 Å². The van der Waals surface area contributed by atoms with Crippen LogP contribution in [0.15, 0.2) is 30.6 Å². The average molecular weight is 382 g/mol. The van der Waals surface area contributed by atoms with Gasteiger partial charge in [0.05, 0.1) is 11.1 Å². The summed E-state index contributed by atoms with van der Waals surface area (Å²) in [5.74, 6) is 5.08. The van der Waals surface area contributed by atoms with Crippen molar-refractivity contribution in [3.8, 4) is 0 Å². The second-order valence-corrected chi connectivity index (χ2v) is 6.30. The molecule has 25 heavy (non-hydrogen) atoms. The maximum absolute atomic E-state index is 11.4. The van der Waals surface area contributed by atoms with Gasteiger partial charge in [0.15, 0.2) is 0 Å². The molecule has 1 amide bonds. The quantitative estimate of drug-likeness (QED) is 0.424. The van der Waals surface area contributed by atoms with Gasteiger partial charge in [0.25, 0.3) is 5.91 Å². The van der Waals surface area contributed by atoms with Gasteiger partial charge in [0.2, 0.25) is 5.95 Å². The van der Waals surface area contributed by atoms with Crippen molar-refractivity contribution in [3.05, 3.63) is 51.8 Å². The summed E-state index contributed by atoms with van der Waals surface area (Å²) in [5.41, 5.74) is 3.01. The zero-order valence-electron chi connectivity index (χ0n) is 14.1. The van der Waals surface area contributed by atoms with E-state index in [1.807, 2.05) is 31.4 Å². The van der Waals surface area contributed by atoms with Crippen molar-refractivity contribution in [2.45, 2.75) is 38.6 Å². The molecule has 1 aromatic heterocycles. The minimum absolute atomic E-state index is 0.297. The fourth-order valence-corrected chi connectivity index (χ4v) is 3.27. The largest absolute Gasteiger partial charge is 0.345 e. The first kappa shape index (κ1) is 19.4. The number of carbonyl (C=O) groups is 1. The molecule has 0 bridgehead atoms. The normalized spacial score (nSPS) is 14.6. The van der Waals surface area contributed by atoms with Crippen LogP contribution in [0.4, 0.5) is 5.95 Å². The van der Waals surface area contributed by atoms with Crippen LogP contribution < -0.4 is 16.6 Å². The first-order chi connectivity index (χ1) is 12.0. The summed E-state index contributed by atoms with van der Waals surface area (Å²) in [6.45, 7) is 4.00. The number of anilines is 1. The molecule has 1 saturated carbocycles. The van der Waals surface area contributed by atoms with Crippen molar-refractivity contribution in [3.63, 3.8) is 0 Å². The first-order valence-corrected chi connectivity index (χ1v) is 8.86. The molecule has 2 aromatic rings. The maximum atomic E-state index is 11.4. The van der Waals surface area contributed by atoms with Gasteiger partial charge in [0.1, 0.15) is 0 Å². The topological polar surface area (TPSA) is 92.9 Å². The maximum Gasteiger partial charge on any atom is 0.268 e. The van der Waals surface area contributed by atoms with Crippen LogP contribution in [0.2, 0.25) is 10.0 Å². The summed E-state index contributed by atoms with van der Waals surface area (Å²) in [4.78, 5) is 19.8. The number of nitrogens with zero attached hydrogens (tertiary/aromatic N) is 2. The summed E-state index contributed by atoms with van der Waals surface area (Å²) >= 11 is 12.3. The third-order valence-electron chi connectivity index (χ3n) is 4.05. The number of nitrogen functional groups attached to an aromatic ring is 1. The van der Waals surface area contributed by atoms with Gasteiger partial charge < -0.3 is 5.32 Å². The van der Waals surface area contributed by atoms with E-state index in [4.69, 9.17) is 29.0 Å². The van der Waals surface area contributed by atoms with Gasteiger partial charge in [-0.15, -0.1) is 0 Å². The molecule has 0 spiro atoms. The average Bonchev–Trinajstić information content (AvgIpc) is 2.60. The van der Waals surface area contributed by atoms with Crippen LogP contribution in [0.5, 0.6) is 0 Å². The van der Waals surface area contributed by atoms with Gasteiger partial charge in [-0.3, -0.25) is 10.2 Å². The van der Waals surface area contributed by atoms with E-state index in [1.54, 1.807) is 6.07 Å². The molecule has 0 aliphatic heterocycles. The van der Waals surface area contributed by atoms with E-state index < -0.39 is 5.91 Å². The van der Waals surface area contributed by atoms with Crippen molar-refractivity contribution < 1.29 is 4.79 Å². The highest BCUT2D eigenvalue weighted by Crippen LogP contribution is 2.46. The number of hydrogen-bond acceptors (Lipinski definition) is 5. The van der Waals surface area contributed by atoms with Crippen LogP contribution in [-0.2, 0) is 5.54 Å². The predicted molar refractivity (Wildman–Crippen MR) is 101 cm³/mol. The highest BCUT2D eigenvalue weighted by Gasteiger charge is 2.40. The molecule has 0 atom stereocenters. The number of rotatable bonds is 4. The number of benzene rings is 1. The number of halogens is 2. The van der Waals surface area contributed by atoms with Crippen LogP contribution in [0.25, 0.3) is 0 Å². The summed E-state index contributed by atoms with van der Waals surface area (Å²) in [6.07, 6.45) is 5.77. The summed E-state index contributed by atoms with van der Waals surface area (Å²) in [5, 5.41) is 4.55. The third kappa shape index (κ3) is 4.21. The fraction of sp³-hybridized carbons (Fsp3) is 0.353. The molecule has 8 heteroatoms. The van der Waals surface area contributed by atoms with Crippen molar-refractivity contribution in [1.29, 1.82) is 0 Å². The molecule has 1 aromatic carbocycles. The smallest absolute Gasteiger partial charge is 0.268 e. The van der Waals surface area contributed by atoms with Crippen LogP contribution in [0, 0.1) is 0 Å². The van der Waals surface area contributed by atoms with E-state index in [0.717, 1.165) is 24.8 Å². The Morgan fingerprint density at radius 3 is 2.32 bits per heavy atom. The zero-order chi connectivity index (χ0) is 18.4. The number of carbonyl (C=O) groups excluding carboxylic acids is 1. The number of hydrazine groups is 1. The summed E-state index contributed by atoms with van der Waals surface area (Å²) in [7, 11) is 0. The number of aromatic nitrogens is 2. The summed E-state index contributed by atoms with van der Waals surface area (Å²) in [6, 6.07) is 5.48. The minimum atomic E-state index is -0.435. The molecular weight excluding hydrogens is 361 g/mol. The van der Waals surface area contributed by atoms with Crippen LogP contribution in [0.1, 0.15) is 49.0 Å². The van der Waals surface area contributed by atoms with Crippen molar-refractivity contribution in [1.82, 2.24) is 15.4 Å². The Balaban J connectivity index is 0.00000109. The Morgan fingerprint density at radius 1 is 1.20 bits per heavy atom. The standard InChI is InChI=1S/C15H15Cl2N5O.C2H6/c16-10-2-3-11(12(17)6-10)15(4-1-5-15)21-14-19-7-9(8-20-14)13(23)22-18;1-2/h2-3,6-8H,1,4-5,18H2,(H,22,23)(H,19,20,21);1-2H3. The lowest BCUT2D eigenvalue weighted by Gasteiger charge is -2.43. The second kappa shape index (κ2) is 8.47. The first-order valence-electron chi connectivity index (χ1n) is 8.11. The lowest BCUT2D eigenvalue weighted by molar-refractivity contribution is 0.0953. The number of amides is 1. The molecule has 1 heterocycles. The highest BCUT2D eigenvalue weighted by molar-refractivity contribution is 6.35. The predicted octanol–water partition coefficient (Wildman–Crippen LogP) is 3.90. The highest BCUT2D eigenvalue weighted by atomic mass is 35.5. The van der Waals surface area contributed by atoms with Crippen LogP contribution in [0.3, 0.4) is 0 Å². The van der Waals surface area contributed by atoms with Crippen molar-refractivity contribution in [2.75, 3.05) is 5.32 Å². The van der Waals surface area contributed by atoms with Gasteiger partial charge in [0, 0.05) is 22.4 Å². The van der Waals surface area contributed by atoms with E-state index in [9.17, 15) is 4.79 Å². The number of nitrogens with one attached hydrogen (secondary N) is 2. The van der Waals surface area contributed by atoms with Gasteiger partial charge in [-0.05, 0) is 37.0 Å². The van der Waals surface area contributed by atoms with Crippen molar-refractivity contribution in [2.24, 2.45) is 5.84 Å².